The maximum Gasteiger partial charge on any atom is 0.191 e. The molecular formula is C13H30N4O. The van der Waals surface area contributed by atoms with Crippen LogP contribution in [0.1, 0.15) is 26.7 Å². The molecule has 5 nitrogen and oxygen atoms in total. The second-order valence-electron chi connectivity index (χ2n) is 4.23. The molecular weight excluding hydrogens is 228 g/mol. The van der Waals surface area contributed by atoms with Gasteiger partial charge in [-0.3, -0.25) is 4.99 Å². The maximum absolute atomic E-state index is 5.29. The smallest absolute Gasteiger partial charge is 0.191 e. The molecule has 0 unspecified atom stereocenters. The van der Waals surface area contributed by atoms with Crippen LogP contribution in [0.3, 0.4) is 0 Å². The van der Waals surface area contributed by atoms with Crippen LogP contribution in [0.25, 0.3) is 0 Å². The molecule has 0 rings (SSSR count). The fourth-order valence-corrected chi connectivity index (χ4v) is 1.42. The van der Waals surface area contributed by atoms with Gasteiger partial charge in [-0.25, -0.2) is 0 Å². The standard InChI is InChI=1S/C13H30N4O/c1-5-17(4)11-10-16-13(14-3)15-9-7-8-12-18-6-2/h5-12H2,1-4H3,(H2,14,15,16). The van der Waals surface area contributed by atoms with E-state index < -0.39 is 0 Å². The minimum Gasteiger partial charge on any atom is -0.382 e. The van der Waals surface area contributed by atoms with Crippen LogP contribution in [-0.2, 0) is 4.74 Å². The van der Waals surface area contributed by atoms with Gasteiger partial charge in [-0.1, -0.05) is 6.92 Å². The summed E-state index contributed by atoms with van der Waals surface area (Å²) in [5, 5.41) is 6.61. The van der Waals surface area contributed by atoms with E-state index in [0.717, 1.165) is 58.2 Å². The van der Waals surface area contributed by atoms with Gasteiger partial charge < -0.3 is 20.3 Å². The molecule has 0 spiro atoms. The number of aliphatic imine (C=N–C) groups is 1. The molecule has 18 heavy (non-hydrogen) atoms. The molecule has 0 fully saturated rings. The van der Waals surface area contributed by atoms with Crippen molar-refractivity contribution in [3.8, 4) is 0 Å². The van der Waals surface area contributed by atoms with Crippen molar-refractivity contribution < 1.29 is 4.74 Å². The second kappa shape index (κ2) is 12.6. The van der Waals surface area contributed by atoms with Crippen molar-refractivity contribution in [1.82, 2.24) is 15.5 Å². The molecule has 0 radical (unpaired) electrons. The summed E-state index contributed by atoms with van der Waals surface area (Å²) in [6, 6.07) is 0. The topological polar surface area (TPSA) is 48.9 Å². The van der Waals surface area contributed by atoms with Crippen molar-refractivity contribution in [2.24, 2.45) is 4.99 Å². The monoisotopic (exact) mass is 258 g/mol. The maximum atomic E-state index is 5.29. The van der Waals surface area contributed by atoms with E-state index >= 15 is 0 Å². The highest BCUT2D eigenvalue weighted by atomic mass is 16.5. The Kier molecular flexibility index (Phi) is 12.1. The first-order valence-corrected chi connectivity index (χ1v) is 6.95. The van der Waals surface area contributed by atoms with Gasteiger partial charge >= 0.3 is 0 Å². The Balaban J connectivity index is 3.47. The molecule has 5 heteroatoms. The quantitative estimate of drug-likeness (QED) is 0.347. The summed E-state index contributed by atoms with van der Waals surface area (Å²) in [4.78, 5) is 6.46. The zero-order valence-electron chi connectivity index (χ0n) is 12.5. The fraction of sp³-hybridized carbons (Fsp3) is 0.923. The third-order valence-electron chi connectivity index (χ3n) is 2.76. The van der Waals surface area contributed by atoms with E-state index in [1.807, 2.05) is 6.92 Å². The SMILES string of the molecule is CCOCCCCNC(=NC)NCCN(C)CC. The van der Waals surface area contributed by atoms with Gasteiger partial charge in [0.2, 0.25) is 0 Å². The third-order valence-corrected chi connectivity index (χ3v) is 2.76. The lowest BCUT2D eigenvalue weighted by molar-refractivity contribution is 0.143. The lowest BCUT2D eigenvalue weighted by atomic mass is 10.3. The summed E-state index contributed by atoms with van der Waals surface area (Å²) in [6.45, 7) is 9.81. The largest absolute Gasteiger partial charge is 0.382 e. The van der Waals surface area contributed by atoms with E-state index in [9.17, 15) is 0 Å². The molecule has 0 aromatic heterocycles. The molecule has 0 heterocycles. The Morgan fingerprint density at radius 1 is 1.17 bits per heavy atom. The van der Waals surface area contributed by atoms with Gasteiger partial charge in [0.05, 0.1) is 0 Å². The summed E-state index contributed by atoms with van der Waals surface area (Å²) in [6.07, 6.45) is 2.20. The molecule has 0 amide bonds. The lowest BCUT2D eigenvalue weighted by Crippen LogP contribution is -2.41. The second-order valence-corrected chi connectivity index (χ2v) is 4.23. The minimum atomic E-state index is 0.807. The molecule has 0 aromatic carbocycles. The number of rotatable bonds is 10. The number of unbranched alkanes of at least 4 members (excludes halogenated alkanes) is 1. The lowest BCUT2D eigenvalue weighted by Gasteiger charge is -2.16. The van der Waals surface area contributed by atoms with Crippen LogP contribution in [0, 0.1) is 0 Å². The normalized spacial score (nSPS) is 11.9. The highest BCUT2D eigenvalue weighted by molar-refractivity contribution is 5.79. The predicted molar refractivity (Wildman–Crippen MR) is 78.3 cm³/mol. The summed E-state index contributed by atoms with van der Waals surface area (Å²) < 4.78 is 5.29. The zero-order chi connectivity index (χ0) is 13.6. The Labute approximate surface area is 112 Å². The average molecular weight is 258 g/mol. The number of nitrogens with one attached hydrogen (secondary N) is 2. The summed E-state index contributed by atoms with van der Waals surface area (Å²) >= 11 is 0. The first-order chi connectivity index (χ1) is 8.74. The van der Waals surface area contributed by atoms with Crippen molar-refractivity contribution in [3.63, 3.8) is 0 Å². The van der Waals surface area contributed by atoms with Crippen LogP contribution >= 0.6 is 0 Å². The third kappa shape index (κ3) is 10.4. The molecule has 0 saturated carbocycles. The number of hydrogen-bond donors (Lipinski definition) is 2. The van der Waals surface area contributed by atoms with Crippen LogP contribution in [0.15, 0.2) is 4.99 Å². The van der Waals surface area contributed by atoms with E-state index in [4.69, 9.17) is 4.74 Å². The number of ether oxygens (including phenoxy) is 1. The number of guanidine groups is 1. The molecule has 0 aliphatic heterocycles. The van der Waals surface area contributed by atoms with Gasteiger partial charge in [-0.2, -0.15) is 0 Å². The minimum absolute atomic E-state index is 0.807. The van der Waals surface area contributed by atoms with Gasteiger partial charge in [0, 0.05) is 39.9 Å². The first kappa shape index (κ1) is 17.2. The Morgan fingerprint density at radius 2 is 1.89 bits per heavy atom. The molecule has 2 N–H and O–H groups in total. The van der Waals surface area contributed by atoms with Crippen molar-refractivity contribution in [1.29, 1.82) is 0 Å². The first-order valence-electron chi connectivity index (χ1n) is 6.95. The van der Waals surface area contributed by atoms with Gasteiger partial charge in [0.15, 0.2) is 5.96 Å². The van der Waals surface area contributed by atoms with E-state index in [-0.39, 0.29) is 0 Å². The van der Waals surface area contributed by atoms with Gasteiger partial charge in [-0.15, -0.1) is 0 Å². The Bertz CT molecular complexity index is 209. The van der Waals surface area contributed by atoms with Gasteiger partial charge in [0.25, 0.3) is 0 Å². The fourth-order valence-electron chi connectivity index (χ4n) is 1.42. The van der Waals surface area contributed by atoms with Crippen molar-refractivity contribution >= 4 is 5.96 Å². The molecule has 0 aliphatic carbocycles. The summed E-state index contributed by atoms with van der Waals surface area (Å²) in [7, 11) is 3.92. The Hall–Kier alpha value is -0.810. The predicted octanol–water partition coefficient (Wildman–Crippen LogP) is 0.920. The van der Waals surface area contributed by atoms with Crippen LogP contribution in [0.2, 0.25) is 0 Å². The number of likely N-dealkylation sites (N-methyl/N-ethyl adjacent to an activating group) is 1. The molecule has 0 bridgehead atoms. The van der Waals surface area contributed by atoms with Crippen molar-refractivity contribution in [2.45, 2.75) is 26.7 Å². The number of hydrogen-bond acceptors (Lipinski definition) is 3. The van der Waals surface area contributed by atoms with E-state index in [1.165, 1.54) is 0 Å². The van der Waals surface area contributed by atoms with Crippen LogP contribution in [0.4, 0.5) is 0 Å². The molecule has 0 atom stereocenters. The Morgan fingerprint density at radius 3 is 2.50 bits per heavy atom. The molecule has 0 aliphatic rings. The van der Waals surface area contributed by atoms with Gasteiger partial charge in [-0.05, 0) is 33.4 Å². The molecule has 0 saturated heterocycles. The zero-order valence-corrected chi connectivity index (χ0v) is 12.5. The van der Waals surface area contributed by atoms with Crippen molar-refractivity contribution in [2.75, 3.05) is 53.5 Å². The summed E-state index contributed by atoms with van der Waals surface area (Å²) in [5.74, 6) is 0.885. The van der Waals surface area contributed by atoms with Gasteiger partial charge in [0.1, 0.15) is 0 Å². The molecule has 108 valence electrons. The average Bonchev–Trinajstić information content (AvgIpc) is 2.40. The van der Waals surface area contributed by atoms with Crippen LogP contribution < -0.4 is 10.6 Å². The highest BCUT2D eigenvalue weighted by Crippen LogP contribution is 1.88. The van der Waals surface area contributed by atoms with Crippen molar-refractivity contribution in [3.05, 3.63) is 0 Å². The number of nitrogens with zero attached hydrogens (tertiary/aromatic N) is 2. The van der Waals surface area contributed by atoms with Crippen LogP contribution in [-0.4, -0.2) is 64.3 Å². The van der Waals surface area contributed by atoms with E-state index in [1.54, 1.807) is 7.05 Å². The van der Waals surface area contributed by atoms with E-state index in [0.29, 0.717) is 0 Å². The van der Waals surface area contributed by atoms with Crippen LogP contribution in [0.5, 0.6) is 0 Å². The molecule has 0 aromatic rings. The highest BCUT2D eigenvalue weighted by Gasteiger charge is 1.98. The summed E-state index contributed by atoms with van der Waals surface area (Å²) in [5.41, 5.74) is 0. The van der Waals surface area contributed by atoms with E-state index in [2.05, 4.69) is 34.5 Å².